The fourth-order valence-corrected chi connectivity index (χ4v) is 6.63. The van der Waals surface area contributed by atoms with Crippen molar-refractivity contribution in [3.8, 4) is 23.7 Å². The highest BCUT2D eigenvalue weighted by Crippen LogP contribution is 2.32. The van der Waals surface area contributed by atoms with E-state index in [1.807, 2.05) is 48.5 Å². The molecule has 4 N–H and O–H groups in total. The quantitative estimate of drug-likeness (QED) is 0.165. The predicted octanol–water partition coefficient (Wildman–Crippen LogP) is 5.03. The minimum atomic E-state index is -0.930. The zero-order valence-corrected chi connectivity index (χ0v) is 25.8. The average molecular weight is 626 g/mol. The highest BCUT2D eigenvalue weighted by molar-refractivity contribution is 6.09. The predicted molar refractivity (Wildman–Crippen MR) is 183 cm³/mol. The number of fused-ring (bicyclic) bond motifs is 2. The topological polar surface area (TPSA) is 117 Å². The van der Waals surface area contributed by atoms with Crippen LogP contribution in [0.4, 0.5) is 5.69 Å². The molecule has 1 saturated heterocycles. The second-order valence-corrected chi connectivity index (χ2v) is 12.2. The normalized spacial score (nSPS) is 19.6. The number of rotatable bonds is 4. The highest BCUT2D eigenvalue weighted by Gasteiger charge is 2.35. The summed E-state index contributed by atoms with van der Waals surface area (Å²) in [6, 6.07) is 24.8. The Labute approximate surface area is 272 Å². The fraction of sp³-hybridized carbons (Fsp3) is 0.282. The summed E-state index contributed by atoms with van der Waals surface area (Å²) in [5.41, 5.74) is 2.47. The molecule has 5 aromatic rings. The molecular formula is C39H35N3O5. The van der Waals surface area contributed by atoms with Gasteiger partial charge in [0.2, 0.25) is 0 Å². The van der Waals surface area contributed by atoms with Gasteiger partial charge in [-0.1, -0.05) is 91.5 Å². The van der Waals surface area contributed by atoms with E-state index in [0.29, 0.717) is 6.04 Å². The van der Waals surface area contributed by atoms with Crippen molar-refractivity contribution in [2.24, 2.45) is 0 Å². The summed E-state index contributed by atoms with van der Waals surface area (Å²) >= 11 is 0. The minimum Gasteiger partial charge on any atom is -0.394 e. The lowest BCUT2D eigenvalue weighted by molar-refractivity contribution is -0.0459. The van der Waals surface area contributed by atoms with E-state index in [-0.39, 0.29) is 18.6 Å². The van der Waals surface area contributed by atoms with Crippen molar-refractivity contribution in [3.05, 3.63) is 122 Å². The zero-order valence-electron chi connectivity index (χ0n) is 25.8. The van der Waals surface area contributed by atoms with Gasteiger partial charge in [-0.25, -0.2) is 4.79 Å². The van der Waals surface area contributed by atoms with E-state index in [2.05, 4.69) is 58.2 Å². The van der Waals surface area contributed by atoms with Crippen LogP contribution in [0.1, 0.15) is 67.0 Å². The van der Waals surface area contributed by atoms with E-state index in [9.17, 15) is 19.8 Å². The van der Waals surface area contributed by atoms with Gasteiger partial charge in [0.05, 0.1) is 12.7 Å². The molecule has 1 aliphatic carbocycles. The average Bonchev–Trinajstić information content (AvgIpc) is 3.48. The van der Waals surface area contributed by atoms with E-state index in [1.165, 1.54) is 42.9 Å². The number of ether oxygens (including phenoxy) is 1. The van der Waals surface area contributed by atoms with Crippen LogP contribution >= 0.6 is 0 Å². The van der Waals surface area contributed by atoms with Crippen molar-refractivity contribution in [1.82, 2.24) is 9.55 Å². The van der Waals surface area contributed by atoms with E-state index >= 15 is 0 Å². The first-order valence-corrected chi connectivity index (χ1v) is 16.1. The molecule has 0 amide bonds. The van der Waals surface area contributed by atoms with Crippen LogP contribution in [0.5, 0.6) is 0 Å². The van der Waals surface area contributed by atoms with Crippen LogP contribution in [-0.2, 0) is 4.74 Å². The first-order chi connectivity index (χ1) is 23.0. The summed E-state index contributed by atoms with van der Waals surface area (Å²) in [7, 11) is 0. The van der Waals surface area contributed by atoms with Gasteiger partial charge in [0.15, 0.2) is 0 Å². The Morgan fingerprint density at radius 1 is 0.809 bits per heavy atom. The summed E-state index contributed by atoms with van der Waals surface area (Å²) in [5, 5.41) is 27.0. The standard InChI is InChI=1S/C39H35N3O5/c43-24-36-35(44)22-37(47-36)42-23-26(38(45)41-39(42)46)17-21-34-31-12-6-4-10-29(31)33(30-11-5-7-13-32(30)34)20-16-25-14-18-28(19-15-25)40-27-8-2-1-3-9-27/h4-7,10-15,18-19,23,27,35-37,40,43-44H,1-3,8-9,22,24H2,(H,41,45,46)/t35-,36+,37+/m0/s1. The molecule has 3 atom stereocenters. The Morgan fingerprint density at radius 3 is 1.98 bits per heavy atom. The zero-order chi connectivity index (χ0) is 32.3. The van der Waals surface area contributed by atoms with Gasteiger partial charge in [-0.05, 0) is 58.7 Å². The largest absolute Gasteiger partial charge is 0.394 e. The number of hydrogen-bond donors (Lipinski definition) is 4. The molecule has 2 fully saturated rings. The fourth-order valence-electron chi connectivity index (χ4n) is 6.63. The van der Waals surface area contributed by atoms with Gasteiger partial charge in [0, 0.05) is 41.0 Å². The number of hydrogen-bond acceptors (Lipinski definition) is 6. The number of H-pyrrole nitrogens is 1. The van der Waals surface area contributed by atoms with Crippen LogP contribution in [0.2, 0.25) is 0 Å². The monoisotopic (exact) mass is 625 g/mol. The lowest BCUT2D eigenvalue weighted by atomic mass is 9.92. The highest BCUT2D eigenvalue weighted by atomic mass is 16.5. The molecule has 0 spiro atoms. The molecular weight excluding hydrogens is 590 g/mol. The summed E-state index contributed by atoms with van der Waals surface area (Å²) in [6.07, 6.45) is 5.22. The van der Waals surface area contributed by atoms with Gasteiger partial charge in [0.25, 0.3) is 5.56 Å². The van der Waals surface area contributed by atoms with E-state index in [0.717, 1.165) is 43.9 Å². The second kappa shape index (κ2) is 13.3. The number of aromatic nitrogens is 2. The van der Waals surface area contributed by atoms with Crippen molar-refractivity contribution >= 4 is 27.2 Å². The van der Waals surface area contributed by atoms with Crippen molar-refractivity contribution in [3.63, 3.8) is 0 Å². The maximum Gasteiger partial charge on any atom is 0.330 e. The molecule has 0 bridgehead atoms. The lowest BCUT2D eigenvalue weighted by Gasteiger charge is -2.23. The van der Waals surface area contributed by atoms with Crippen molar-refractivity contribution in [1.29, 1.82) is 0 Å². The van der Waals surface area contributed by atoms with Crippen molar-refractivity contribution in [2.45, 2.75) is 63.0 Å². The number of benzene rings is 4. The molecule has 8 heteroatoms. The van der Waals surface area contributed by atoms with Gasteiger partial charge >= 0.3 is 5.69 Å². The number of aromatic amines is 1. The molecule has 2 aliphatic rings. The first-order valence-electron chi connectivity index (χ1n) is 16.1. The molecule has 1 aromatic heterocycles. The van der Waals surface area contributed by atoms with Gasteiger partial charge in [-0.2, -0.15) is 0 Å². The molecule has 0 unspecified atom stereocenters. The van der Waals surface area contributed by atoms with Crippen LogP contribution in [0.3, 0.4) is 0 Å². The Morgan fingerprint density at radius 2 is 1.40 bits per heavy atom. The molecule has 0 radical (unpaired) electrons. The third-order valence-corrected chi connectivity index (χ3v) is 9.11. The summed E-state index contributed by atoms with van der Waals surface area (Å²) in [5.74, 6) is 13.0. The third kappa shape index (κ3) is 6.32. The van der Waals surface area contributed by atoms with Crippen molar-refractivity contribution < 1.29 is 14.9 Å². The van der Waals surface area contributed by atoms with Crippen LogP contribution in [-0.4, -0.2) is 44.6 Å². The molecule has 47 heavy (non-hydrogen) atoms. The van der Waals surface area contributed by atoms with Gasteiger partial charge in [-0.15, -0.1) is 0 Å². The third-order valence-electron chi connectivity index (χ3n) is 9.11. The lowest BCUT2D eigenvalue weighted by Crippen LogP contribution is -2.33. The summed E-state index contributed by atoms with van der Waals surface area (Å²) in [4.78, 5) is 27.7. The Bertz CT molecular complexity index is 2130. The molecule has 4 aromatic carbocycles. The van der Waals surface area contributed by atoms with Gasteiger partial charge < -0.3 is 20.3 Å². The molecule has 1 saturated carbocycles. The smallest absolute Gasteiger partial charge is 0.330 e. The Hall–Kier alpha value is -5.12. The number of nitrogens with one attached hydrogen (secondary N) is 2. The van der Waals surface area contributed by atoms with Crippen LogP contribution in [0, 0.1) is 23.7 Å². The van der Waals surface area contributed by atoms with E-state index in [4.69, 9.17) is 4.74 Å². The first kappa shape index (κ1) is 30.5. The number of anilines is 1. The Kier molecular flexibility index (Phi) is 8.65. The van der Waals surface area contributed by atoms with Gasteiger partial charge in [-0.3, -0.25) is 14.3 Å². The maximum absolute atomic E-state index is 12.8. The minimum absolute atomic E-state index is 0.0774. The van der Waals surface area contributed by atoms with Crippen molar-refractivity contribution in [2.75, 3.05) is 11.9 Å². The van der Waals surface area contributed by atoms with Crippen LogP contribution < -0.4 is 16.6 Å². The second-order valence-electron chi connectivity index (χ2n) is 12.2. The summed E-state index contributed by atoms with van der Waals surface area (Å²) < 4.78 is 6.85. The molecule has 236 valence electrons. The maximum atomic E-state index is 12.8. The summed E-state index contributed by atoms with van der Waals surface area (Å²) in [6.45, 7) is -0.382. The molecule has 7 rings (SSSR count). The molecule has 8 nitrogen and oxygen atoms in total. The molecule has 1 aliphatic heterocycles. The molecule has 2 heterocycles. The number of aliphatic hydroxyl groups is 2. The number of aliphatic hydroxyl groups excluding tert-OH is 2. The SMILES string of the molecule is O=c1[nH]c(=O)n([C@H]2C[C@H](O)[C@@H](CO)O2)cc1C#Cc1c2ccccc2c(C#Cc2ccc(NC3CCCCC3)cc2)c2ccccc12. The van der Waals surface area contributed by atoms with Crippen LogP contribution in [0.25, 0.3) is 21.5 Å². The van der Waals surface area contributed by atoms with Crippen LogP contribution in [0.15, 0.2) is 88.6 Å². The van der Waals surface area contributed by atoms with E-state index in [1.54, 1.807) is 0 Å². The Balaban J connectivity index is 1.26. The number of nitrogens with zero attached hydrogens (tertiary/aromatic N) is 1. The van der Waals surface area contributed by atoms with E-state index < -0.39 is 29.7 Å². The van der Waals surface area contributed by atoms with Gasteiger partial charge in [0.1, 0.15) is 17.9 Å².